The molecule has 1 saturated carbocycles. The number of carbonyl (C=O) groups excluding carboxylic acids is 1. The van der Waals surface area contributed by atoms with E-state index in [-0.39, 0.29) is 24.6 Å². The van der Waals surface area contributed by atoms with Gasteiger partial charge in [0.25, 0.3) is 0 Å². The van der Waals surface area contributed by atoms with Gasteiger partial charge in [-0.1, -0.05) is 12.8 Å². The minimum Gasteiger partial charge on any atom is -0.481 e. The van der Waals surface area contributed by atoms with E-state index < -0.39 is 27.8 Å². The average Bonchev–Trinajstić information content (AvgIpc) is 2.33. The number of rotatable bonds is 6. The van der Waals surface area contributed by atoms with Gasteiger partial charge in [-0.3, -0.25) is 9.59 Å². The molecular weight excluding hydrogens is 272 g/mol. The molecule has 1 aliphatic rings. The smallest absolute Gasteiger partial charge is 0.307 e. The Bertz CT molecular complexity index is 434. The van der Waals surface area contributed by atoms with Gasteiger partial charge in [-0.2, -0.15) is 0 Å². The summed E-state index contributed by atoms with van der Waals surface area (Å²) in [4.78, 5) is 22.9. The Morgan fingerprint density at radius 3 is 2.32 bits per heavy atom. The third-order valence-corrected chi connectivity index (χ3v) is 4.18. The van der Waals surface area contributed by atoms with E-state index in [0.29, 0.717) is 12.8 Å². The van der Waals surface area contributed by atoms with Gasteiger partial charge >= 0.3 is 5.97 Å². The number of aliphatic carboxylic acids is 1. The highest BCUT2D eigenvalue weighted by atomic mass is 32.2. The van der Waals surface area contributed by atoms with Crippen molar-refractivity contribution >= 4 is 21.9 Å². The first-order valence-corrected chi connectivity index (χ1v) is 8.04. The van der Waals surface area contributed by atoms with E-state index >= 15 is 0 Å². The quantitative estimate of drug-likeness (QED) is 0.578. The highest BCUT2D eigenvalue weighted by Gasteiger charge is 2.35. The molecule has 1 amide bonds. The molecule has 0 spiro atoms. The molecule has 0 aromatic heterocycles. The molecule has 8 heteroatoms. The predicted molar refractivity (Wildman–Crippen MR) is 68.7 cm³/mol. The largest absolute Gasteiger partial charge is 0.481 e. The minimum atomic E-state index is -3.52. The van der Waals surface area contributed by atoms with Crippen molar-refractivity contribution in [3.8, 4) is 0 Å². The van der Waals surface area contributed by atoms with Gasteiger partial charge in [-0.05, 0) is 19.3 Å². The maximum absolute atomic E-state index is 11.9. The van der Waals surface area contributed by atoms with Gasteiger partial charge in [0.2, 0.25) is 15.9 Å². The predicted octanol–water partition coefficient (Wildman–Crippen LogP) is -0.328. The van der Waals surface area contributed by atoms with E-state index in [4.69, 9.17) is 10.2 Å². The summed E-state index contributed by atoms with van der Waals surface area (Å²) in [6.07, 6.45) is 2.99. The van der Waals surface area contributed by atoms with Gasteiger partial charge in [0.15, 0.2) is 0 Å². The van der Waals surface area contributed by atoms with Crippen LogP contribution in [-0.4, -0.2) is 37.7 Å². The van der Waals surface area contributed by atoms with Crippen LogP contribution in [0.4, 0.5) is 0 Å². The summed E-state index contributed by atoms with van der Waals surface area (Å²) < 4.78 is 21.4. The molecule has 0 heterocycles. The zero-order chi connectivity index (χ0) is 14.5. The van der Waals surface area contributed by atoms with Crippen LogP contribution in [0.15, 0.2) is 0 Å². The Balaban J connectivity index is 2.41. The molecule has 0 saturated heterocycles. The fraction of sp³-hybridized carbons (Fsp3) is 0.818. The molecule has 2 atom stereocenters. The van der Waals surface area contributed by atoms with E-state index in [1.54, 1.807) is 0 Å². The van der Waals surface area contributed by atoms with Crippen LogP contribution in [0.25, 0.3) is 0 Å². The van der Waals surface area contributed by atoms with E-state index in [9.17, 15) is 18.0 Å². The number of hydrogen-bond donors (Lipinski definition) is 3. The zero-order valence-corrected chi connectivity index (χ0v) is 11.5. The molecule has 7 nitrogen and oxygen atoms in total. The molecular formula is C11H20N2O5S. The maximum Gasteiger partial charge on any atom is 0.307 e. The van der Waals surface area contributed by atoms with Gasteiger partial charge < -0.3 is 10.4 Å². The molecule has 0 aromatic rings. The summed E-state index contributed by atoms with van der Waals surface area (Å²) >= 11 is 0. The van der Waals surface area contributed by atoms with E-state index in [1.165, 1.54) is 0 Å². The molecule has 1 fully saturated rings. The fourth-order valence-corrected chi connectivity index (χ4v) is 2.90. The molecule has 4 N–H and O–H groups in total. The summed E-state index contributed by atoms with van der Waals surface area (Å²) in [7, 11) is -3.52. The molecule has 1 aliphatic carbocycles. The molecule has 0 unspecified atom stereocenters. The first-order chi connectivity index (χ1) is 8.81. The third kappa shape index (κ3) is 5.56. The first-order valence-electron chi connectivity index (χ1n) is 6.32. The number of hydrogen-bond acceptors (Lipinski definition) is 4. The van der Waals surface area contributed by atoms with Crippen molar-refractivity contribution in [2.45, 2.75) is 32.1 Å². The topological polar surface area (TPSA) is 127 Å². The van der Waals surface area contributed by atoms with Crippen LogP contribution in [0.2, 0.25) is 0 Å². The van der Waals surface area contributed by atoms with Crippen LogP contribution in [0.3, 0.4) is 0 Å². The molecule has 0 aliphatic heterocycles. The van der Waals surface area contributed by atoms with Crippen LogP contribution in [0, 0.1) is 11.8 Å². The SMILES string of the molecule is NS(=O)(=O)CCCNC(=O)[C@@H]1CCCC[C@@H]1C(=O)O. The average molecular weight is 292 g/mol. The Morgan fingerprint density at radius 1 is 1.21 bits per heavy atom. The summed E-state index contributed by atoms with van der Waals surface area (Å²) in [6, 6.07) is 0. The van der Waals surface area contributed by atoms with Crippen molar-refractivity contribution in [1.82, 2.24) is 5.32 Å². The number of carboxylic acid groups (broad SMARTS) is 1. The molecule has 0 bridgehead atoms. The highest BCUT2D eigenvalue weighted by molar-refractivity contribution is 7.89. The second kappa shape index (κ2) is 6.85. The lowest BCUT2D eigenvalue weighted by atomic mass is 9.79. The Labute approximate surface area is 112 Å². The number of nitrogens with one attached hydrogen (secondary N) is 1. The van der Waals surface area contributed by atoms with Gasteiger partial charge in [-0.25, -0.2) is 13.6 Å². The van der Waals surface area contributed by atoms with E-state index in [0.717, 1.165) is 12.8 Å². The number of primary sulfonamides is 1. The summed E-state index contributed by atoms with van der Waals surface area (Å²) in [5.41, 5.74) is 0. The number of carboxylic acids is 1. The highest BCUT2D eigenvalue weighted by Crippen LogP contribution is 2.30. The monoisotopic (exact) mass is 292 g/mol. The number of carbonyl (C=O) groups is 2. The normalized spacial score (nSPS) is 23.8. The number of amides is 1. The number of sulfonamides is 1. The standard InChI is InChI=1S/C11H20N2O5S/c12-19(17,18)7-3-6-13-10(14)8-4-1-2-5-9(8)11(15)16/h8-9H,1-7H2,(H,13,14)(H,15,16)(H2,12,17,18)/t8-,9+/m1/s1. The third-order valence-electron chi connectivity index (χ3n) is 3.32. The Kier molecular flexibility index (Phi) is 5.74. The molecule has 1 rings (SSSR count). The fourth-order valence-electron chi connectivity index (χ4n) is 2.36. The van der Waals surface area contributed by atoms with Crippen LogP contribution in [0.5, 0.6) is 0 Å². The lowest BCUT2D eigenvalue weighted by molar-refractivity contribution is -0.148. The molecule has 0 aromatic carbocycles. The van der Waals surface area contributed by atoms with Crippen LogP contribution in [-0.2, 0) is 19.6 Å². The zero-order valence-electron chi connectivity index (χ0n) is 10.7. The summed E-state index contributed by atoms with van der Waals surface area (Å²) in [5, 5.41) is 16.5. The van der Waals surface area contributed by atoms with Gasteiger partial charge in [-0.15, -0.1) is 0 Å². The van der Waals surface area contributed by atoms with Crippen molar-refractivity contribution < 1.29 is 23.1 Å². The van der Waals surface area contributed by atoms with Crippen molar-refractivity contribution in [3.63, 3.8) is 0 Å². The van der Waals surface area contributed by atoms with E-state index in [1.807, 2.05) is 0 Å². The molecule has 0 radical (unpaired) electrons. The summed E-state index contributed by atoms with van der Waals surface area (Å²) in [5.74, 6) is -2.58. The van der Waals surface area contributed by atoms with Gasteiger partial charge in [0, 0.05) is 6.54 Å². The second-order valence-electron chi connectivity index (χ2n) is 4.85. The van der Waals surface area contributed by atoms with Crippen molar-refractivity contribution in [1.29, 1.82) is 0 Å². The lowest BCUT2D eigenvalue weighted by Gasteiger charge is -2.27. The van der Waals surface area contributed by atoms with Crippen molar-refractivity contribution in [2.24, 2.45) is 17.0 Å². The lowest BCUT2D eigenvalue weighted by Crippen LogP contribution is -2.40. The second-order valence-corrected chi connectivity index (χ2v) is 6.58. The van der Waals surface area contributed by atoms with Gasteiger partial charge in [0.1, 0.15) is 0 Å². The van der Waals surface area contributed by atoms with E-state index in [2.05, 4.69) is 5.32 Å². The number of nitrogens with two attached hydrogens (primary N) is 1. The summed E-state index contributed by atoms with van der Waals surface area (Å²) in [6.45, 7) is 0.193. The first kappa shape index (κ1) is 15.9. The van der Waals surface area contributed by atoms with Crippen LogP contribution in [0.1, 0.15) is 32.1 Å². The van der Waals surface area contributed by atoms with Crippen molar-refractivity contribution in [3.05, 3.63) is 0 Å². The molecule has 19 heavy (non-hydrogen) atoms. The Hall–Kier alpha value is -1.15. The molecule has 110 valence electrons. The van der Waals surface area contributed by atoms with Gasteiger partial charge in [0.05, 0.1) is 17.6 Å². The van der Waals surface area contributed by atoms with Crippen molar-refractivity contribution in [2.75, 3.05) is 12.3 Å². The van der Waals surface area contributed by atoms with Crippen LogP contribution < -0.4 is 10.5 Å². The minimum absolute atomic E-state index is 0.193. The Morgan fingerprint density at radius 2 is 1.79 bits per heavy atom. The maximum atomic E-state index is 11.9. The van der Waals surface area contributed by atoms with Crippen LogP contribution >= 0.6 is 0 Å².